The molecule has 4 rings (SSSR count). The molecule has 29 heavy (non-hydrogen) atoms. The number of carbonyl (C=O) groups excluding carboxylic acids is 1. The van der Waals surface area contributed by atoms with Crippen molar-refractivity contribution >= 4 is 16.9 Å². The van der Waals surface area contributed by atoms with Crippen molar-refractivity contribution in [1.82, 2.24) is 4.90 Å². The summed E-state index contributed by atoms with van der Waals surface area (Å²) >= 11 is 0. The predicted octanol–water partition coefficient (Wildman–Crippen LogP) is 4.20. The average Bonchev–Trinajstić information content (AvgIpc) is 3.14. The van der Waals surface area contributed by atoms with Crippen LogP contribution >= 0.6 is 0 Å². The number of nitrogens with zero attached hydrogens (tertiary/aromatic N) is 1. The summed E-state index contributed by atoms with van der Waals surface area (Å²) in [6.07, 6.45) is 1.57. The van der Waals surface area contributed by atoms with Crippen molar-refractivity contribution in [2.24, 2.45) is 0 Å². The molecule has 0 unspecified atom stereocenters. The number of hydrogen-bond acceptors (Lipinski definition) is 6. The van der Waals surface area contributed by atoms with Crippen molar-refractivity contribution < 1.29 is 23.8 Å². The van der Waals surface area contributed by atoms with E-state index in [-0.39, 0.29) is 12.4 Å². The molecule has 152 valence electrons. The number of phenolic OH excluding ortho intramolecular Hbond substituents is 1. The summed E-state index contributed by atoms with van der Waals surface area (Å²) < 4.78 is 16.9. The van der Waals surface area contributed by atoms with Crippen LogP contribution in [0.3, 0.4) is 0 Å². The van der Waals surface area contributed by atoms with Gasteiger partial charge in [-0.2, -0.15) is 0 Å². The van der Waals surface area contributed by atoms with Gasteiger partial charge < -0.3 is 19.0 Å². The SMILES string of the molecule is CCOC(=O)c1c(-c2ccccc2)oc2ccc(O)c(CCN3CCCOC3)c12. The van der Waals surface area contributed by atoms with Gasteiger partial charge in [-0.1, -0.05) is 30.3 Å². The Balaban J connectivity index is 1.81. The minimum absolute atomic E-state index is 0.154. The summed E-state index contributed by atoms with van der Waals surface area (Å²) in [6.45, 7) is 5.09. The molecule has 1 aromatic heterocycles. The standard InChI is InChI=1S/C23H25NO5/c1-2-28-23(26)21-20-17(11-13-24-12-6-14-27-15-24)18(25)9-10-19(20)29-22(21)16-7-4-3-5-8-16/h3-5,7-10,25H,2,6,11-15H2,1H3. The zero-order valence-corrected chi connectivity index (χ0v) is 16.5. The van der Waals surface area contributed by atoms with Gasteiger partial charge in [0, 0.05) is 36.2 Å². The number of furan rings is 1. The smallest absolute Gasteiger partial charge is 0.342 e. The van der Waals surface area contributed by atoms with E-state index >= 15 is 0 Å². The number of benzene rings is 2. The molecule has 1 aliphatic heterocycles. The first-order valence-electron chi connectivity index (χ1n) is 9.99. The third-order valence-electron chi connectivity index (χ3n) is 5.17. The van der Waals surface area contributed by atoms with Gasteiger partial charge in [-0.3, -0.25) is 4.90 Å². The van der Waals surface area contributed by atoms with Gasteiger partial charge in [0.05, 0.1) is 13.3 Å². The molecule has 0 atom stereocenters. The number of esters is 1. The van der Waals surface area contributed by atoms with E-state index in [1.807, 2.05) is 30.3 Å². The molecule has 2 aromatic carbocycles. The van der Waals surface area contributed by atoms with Crippen LogP contribution in [0, 0.1) is 0 Å². The zero-order valence-electron chi connectivity index (χ0n) is 16.5. The van der Waals surface area contributed by atoms with Crippen molar-refractivity contribution in [1.29, 1.82) is 0 Å². The fourth-order valence-electron chi connectivity index (χ4n) is 3.79. The Morgan fingerprint density at radius 3 is 2.76 bits per heavy atom. The van der Waals surface area contributed by atoms with Crippen LogP contribution in [0.4, 0.5) is 0 Å². The third-order valence-corrected chi connectivity index (χ3v) is 5.17. The van der Waals surface area contributed by atoms with Crippen LogP contribution in [0.15, 0.2) is 46.9 Å². The highest BCUT2D eigenvalue weighted by Crippen LogP contribution is 2.39. The summed E-state index contributed by atoms with van der Waals surface area (Å²) in [7, 11) is 0. The molecule has 3 aromatic rings. The Morgan fingerprint density at radius 2 is 2.03 bits per heavy atom. The maximum Gasteiger partial charge on any atom is 0.342 e. The van der Waals surface area contributed by atoms with E-state index in [2.05, 4.69) is 4.90 Å². The first-order valence-corrected chi connectivity index (χ1v) is 9.99. The second-order valence-electron chi connectivity index (χ2n) is 7.09. The second-order valence-corrected chi connectivity index (χ2v) is 7.09. The summed E-state index contributed by atoms with van der Waals surface area (Å²) in [6, 6.07) is 12.8. The van der Waals surface area contributed by atoms with E-state index in [9.17, 15) is 9.90 Å². The predicted molar refractivity (Wildman–Crippen MR) is 110 cm³/mol. The highest BCUT2D eigenvalue weighted by molar-refractivity contribution is 6.10. The average molecular weight is 395 g/mol. The first-order chi connectivity index (χ1) is 14.2. The van der Waals surface area contributed by atoms with Crippen molar-refractivity contribution in [3.05, 3.63) is 53.6 Å². The van der Waals surface area contributed by atoms with Gasteiger partial charge in [-0.25, -0.2) is 4.79 Å². The molecule has 0 saturated carbocycles. The Labute approximate surface area is 169 Å². The molecule has 6 heteroatoms. The van der Waals surface area contributed by atoms with E-state index in [1.165, 1.54) is 0 Å². The van der Waals surface area contributed by atoms with E-state index in [1.54, 1.807) is 19.1 Å². The topological polar surface area (TPSA) is 72.1 Å². The largest absolute Gasteiger partial charge is 0.508 e. The quantitative estimate of drug-likeness (QED) is 0.631. The van der Waals surface area contributed by atoms with E-state index in [4.69, 9.17) is 13.9 Å². The molecule has 1 saturated heterocycles. The van der Waals surface area contributed by atoms with Gasteiger partial charge in [0.2, 0.25) is 0 Å². The minimum Gasteiger partial charge on any atom is -0.508 e. The van der Waals surface area contributed by atoms with E-state index in [0.29, 0.717) is 41.0 Å². The zero-order chi connectivity index (χ0) is 20.2. The summed E-state index contributed by atoms with van der Waals surface area (Å²) in [5.74, 6) is 0.173. The lowest BCUT2D eigenvalue weighted by molar-refractivity contribution is -0.0125. The highest BCUT2D eigenvalue weighted by atomic mass is 16.5. The highest BCUT2D eigenvalue weighted by Gasteiger charge is 2.27. The first kappa shape index (κ1) is 19.5. The van der Waals surface area contributed by atoms with E-state index < -0.39 is 5.97 Å². The fourth-order valence-corrected chi connectivity index (χ4v) is 3.79. The molecule has 0 amide bonds. The Hall–Kier alpha value is -2.83. The fraction of sp³-hybridized carbons (Fsp3) is 0.348. The molecule has 0 aliphatic carbocycles. The van der Waals surface area contributed by atoms with Gasteiger partial charge in [-0.15, -0.1) is 0 Å². The van der Waals surface area contributed by atoms with Gasteiger partial charge in [0.1, 0.15) is 22.7 Å². The molecule has 1 fully saturated rings. The molecular formula is C23H25NO5. The van der Waals surface area contributed by atoms with Crippen molar-refractivity contribution in [2.45, 2.75) is 19.8 Å². The molecule has 0 spiro atoms. The Bertz CT molecular complexity index is 989. The molecule has 0 radical (unpaired) electrons. The lowest BCUT2D eigenvalue weighted by Gasteiger charge is -2.26. The van der Waals surface area contributed by atoms with Gasteiger partial charge in [0.25, 0.3) is 0 Å². The number of carbonyl (C=O) groups is 1. The van der Waals surface area contributed by atoms with Crippen LogP contribution < -0.4 is 0 Å². The van der Waals surface area contributed by atoms with Crippen molar-refractivity contribution in [2.75, 3.05) is 33.0 Å². The monoisotopic (exact) mass is 395 g/mol. The molecule has 1 aliphatic rings. The summed E-state index contributed by atoms with van der Waals surface area (Å²) in [4.78, 5) is 15.1. The second kappa shape index (κ2) is 8.68. The third kappa shape index (κ3) is 3.99. The maximum atomic E-state index is 12.9. The van der Waals surface area contributed by atoms with Crippen molar-refractivity contribution in [3.8, 4) is 17.1 Å². The molecular weight excluding hydrogens is 370 g/mol. The van der Waals surface area contributed by atoms with Gasteiger partial charge in [-0.05, 0) is 31.9 Å². The summed E-state index contributed by atoms with van der Waals surface area (Å²) in [5, 5.41) is 11.2. The number of hydrogen-bond donors (Lipinski definition) is 1. The minimum atomic E-state index is -0.446. The lowest BCUT2D eigenvalue weighted by Crippen LogP contribution is -2.34. The van der Waals surface area contributed by atoms with Gasteiger partial charge >= 0.3 is 5.97 Å². The van der Waals surface area contributed by atoms with Crippen LogP contribution in [0.2, 0.25) is 0 Å². The maximum absolute atomic E-state index is 12.9. The van der Waals surface area contributed by atoms with Crippen LogP contribution in [-0.4, -0.2) is 49.0 Å². The Morgan fingerprint density at radius 1 is 1.21 bits per heavy atom. The Kier molecular flexibility index (Phi) is 5.83. The number of rotatable bonds is 6. The molecule has 6 nitrogen and oxygen atoms in total. The number of aromatic hydroxyl groups is 1. The normalized spacial score (nSPS) is 14.9. The van der Waals surface area contributed by atoms with Crippen molar-refractivity contribution in [3.63, 3.8) is 0 Å². The van der Waals surface area contributed by atoms with Crippen LogP contribution in [-0.2, 0) is 15.9 Å². The van der Waals surface area contributed by atoms with Crippen LogP contribution in [0.25, 0.3) is 22.3 Å². The number of phenols is 1. The van der Waals surface area contributed by atoms with Crippen LogP contribution in [0.5, 0.6) is 5.75 Å². The molecule has 0 bridgehead atoms. The van der Waals surface area contributed by atoms with Gasteiger partial charge in [0.15, 0.2) is 0 Å². The number of fused-ring (bicyclic) bond motifs is 1. The molecule has 1 N–H and O–H groups in total. The number of ether oxygens (including phenoxy) is 2. The molecule has 2 heterocycles. The van der Waals surface area contributed by atoms with E-state index in [0.717, 1.165) is 31.7 Å². The van der Waals surface area contributed by atoms with Crippen LogP contribution in [0.1, 0.15) is 29.3 Å². The summed E-state index contributed by atoms with van der Waals surface area (Å²) in [5.41, 5.74) is 2.42. The lowest BCUT2D eigenvalue weighted by atomic mass is 9.99.